The highest BCUT2D eigenvalue weighted by atomic mass is 14.6. The Morgan fingerprint density at radius 1 is 0.391 bits per heavy atom. The molecule has 228 valence electrons. The minimum absolute atomic E-state index is 0.00284. The summed E-state index contributed by atoms with van der Waals surface area (Å²) in [5.74, 6) is 0. The van der Waals surface area contributed by atoms with Crippen LogP contribution in [0.2, 0.25) is 0 Å². The van der Waals surface area contributed by atoms with Gasteiger partial charge in [-0.05, 0) is 131 Å². The number of pyridine rings is 3. The van der Waals surface area contributed by atoms with E-state index >= 15 is 0 Å². The first-order valence-corrected chi connectivity index (χ1v) is 16.1. The van der Waals surface area contributed by atoms with Gasteiger partial charge >= 0.3 is 0 Å². The Hall–Kier alpha value is -4.83. The van der Waals surface area contributed by atoms with E-state index in [2.05, 4.69) is 114 Å². The van der Waals surface area contributed by atoms with Crippen molar-refractivity contribution in [3.8, 4) is 33.4 Å². The molecule has 4 heteroatoms. The van der Waals surface area contributed by atoms with E-state index in [4.69, 9.17) is 0 Å². The van der Waals surface area contributed by atoms with Crippen LogP contribution in [0.1, 0.15) is 50.1 Å². The number of rotatable bonds is 6. The molecule has 0 bridgehead atoms. The lowest BCUT2D eigenvalue weighted by molar-refractivity contribution is 1.29. The third kappa shape index (κ3) is 5.36. The highest BCUT2D eigenvalue weighted by molar-refractivity contribution is 6.97. The summed E-state index contributed by atoms with van der Waals surface area (Å²) in [6, 6.07) is 19.8. The van der Waals surface area contributed by atoms with Gasteiger partial charge in [0.25, 0.3) is 0 Å². The van der Waals surface area contributed by atoms with Gasteiger partial charge in [0, 0.05) is 53.9 Å². The molecule has 0 atom stereocenters. The average molecular weight is 600 g/mol. The van der Waals surface area contributed by atoms with Crippen molar-refractivity contribution in [3.05, 3.63) is 142 Å². The van der Waals surface area contributed by atoms with Crippen LogP contribution in [-0.2, 0) is 0 Å². The van der Waals surface area contributed by atoms with E-state index in [1.54, 1.807) is 0 Å². The molecule has 0 saturated carbocycles. The Labute approximate surface area is 274 Å². The molecule has 0 aliphatic heterocycles. The van der Waals surface area contributed by atoms with Gasteiger partial charge in [-0.3, -0.25) is 15.0 Å². The van der Waals surface area contributed by atoms with Gasteiger partial charge < -0.3 is 0 Å². The van der Waals surface area contributed by atoms with E-state index in [9.17, 15) is 0 Å². The van der Waals surface area contributed by atoms with E-state index in [0.29, 0.717) is 0 Å². The molecule has 3 aromatic carbocycles. The second-order valence-electron chi connectivity index (χ2n) is 12.9. The molecular weight excluding hydrogens is 557 g/mol. The highest BCUT2D eigenvalue weighted by Crippen LogP contribution is 2.32. The fraction of sp³-hybridized carbons (Fsp3) is 0.214. The quantitative estimate of drug-likeness (QED) is 0.181. The summed E-state index contributed by atoms with van der Waals surface area (Å²) >= 11 is 0. The van der Waals surface area contributed by atoms with Crippen LogP contribution in [-0.4, -0.2) is 21.7 Å². The van der Waals surface area contributed by atoms with E-state index in [-0.39, 0.29) is 6.71 Å². The SMILES string of the molecule is Cc1cc(C)c(-c2cccnc2)c(C)c1B(c1c(C)cc(C)c(-c2cccnc2)c1C)c1c(C)cc(C)c(-c2cccnc2)c1C. The summed E-state index contributed by atoms with van der Waals surface area (Å²) in [7, 11) is 0. The first kappa shape index (κ1) is 31.2. The summed E-state index contributed by atoms with van der Waals surface area (Å²) < 4.78 is 0. The predicted octanol–water partition coefficient (Wildman–Crippen LogP) is 8.16. The summed E-state index contributed by atoms with van der Waals surface area (Å²) in [4.78, 5) is 13.5. The molecule has 0 aliphatic carbocycles. The minimum atomic E-state index is 0.00284. The van der Waals surface area contributed by atoms with Crippen LogP contribution in [0.5, 0.6) is 0 Å². The highest BCUT2D eigenvalue weighted by Gasteiger charge is 2.34. The van der Waals surface area contributed by atoms with Crippen LogP contribution >= 0.6 is 0 Å². The maximum Gasteiger partial charge on any atom is 0.243 e. The monoisotopic (exact) mass is 599 g/mol. The molecule has 0 radical (unpaired) electrons. The van der Waals surface area contributed by atoms with Gasteiger partial charge in [-0.25, -0.2) is 0 Å². The van der Waals surface area contributed by atoms with E-state index < -0.39 is 0 Å². The maximum atomic E-state index is 4.51. The summed E-state index contributed by atoms with van der Waals surface area (Å²) in [6.45, 7) is 20.5. The first-order valence-electron chi connectivity index (χ1n) is 16.1. The zero-order valence-electron chi connectivity index (χ0n) is 28.6. The molecule has 6 rings (SSSR count). The van der Waals surface area contributed by atoms with Gasteiger partial charge in [-0.2, -0.15) is 0 Å². The van der Waals surface area contributed by atoms with Gasteiger partial charge in [0.05, 0.1) is 0 Å². The Kier molecular flexibility index (Phi) is 8.48. The maximum absolute atomic E-state index is 4.51. The van der Waals surface area contributed by atoms with Crippen molar-refractivity contribution in [3.63, 3.8) is 0 Å². The molecule has 0 fully saturated rings. The number of hydrogen-bond acceptors (Lipinski definition) is 3. The van der Waals surface area contributed by atoms with E-state index in [1.165, 1.54) is 83.1 Å². The first-order chi connectivity index (χ1) is 22.1. The summed E-state index contributed by atoms with van der Waals surface area (Å²) in [6.07, 6.45) is 11.5. The molecule has 0 amide bonds. The molecule has 0 saturated heterocycles. The van der Waals surface area contributed by atoms with E-state index in [1.807, 2.05) is 55.4 Å². The molecule has 0 aliphatic rings. The van der Waals surface area contributed by atoms with Gasteiger partial charge in [0.1, 0.15) is 0 Å². The van der Waals surface area contributed by atoms with Crippen molar-refractivity contribution in [2.75, 3.05) is 0 Å². The van der Waals surface area contributed by atoms with Crippen molar-refractivity contribution in [2.24, 2.45) is 0 Å². The van der Waals surface area contributed by atoms with E-state index in [0.717, 1.165) is 16.7 Å². The molecule has 3 nitrogen and oxygen atoms in total. The largest absolute Gasteiger partial charge is 0.264 e. The molecule has 46 heavy (non-hydrogen) atoms. The number of benzene rings is 3. The third-order valence-electron chi connectivity index (χ3n) is 9.81. The zero-order chi connectivity index (χ0) is 32.7. The Balaban J connectivity index is 1.77. The normalized spacial score (nSPS) is 11.2. The second kappa shape index (κ2) is 12.5. The van der Waals surface area contributed by atoms with Crippen LogP contribution in [0.15, 0.2) is 91.8 Å². The standard InChI is InChI=1S/C42H42BN3/c1-25-19-28(4)40(31(7)37(25)34-13-10-16-44-22-34)43(41-29(5)20-26(2)38(32(41)8)35-14-11-17-45-23-35)42-30(6)21-27(3)39(33(42)9)36-15-12-18-46-24-36/h10-24H,1-9H3. The number of aryl methyl sites for hydroxylation is 6. The number of nitrogens with zero attached hydrogens (tertiary/aromatic N) is 3. The predicted molar refractivity (Wildman–Crippen MR) is 196 cm³/mol. The molecule has 3 aromatic heterocycles. The fourth-order valence-electron chi connectivity index (χ4n) is 8.23. The molecule has 0 N–H and O–H groups in total. The molecule has 3 heterocycles. The van der Waals surface area contributed by atoms with Crippen LogP contribution in [0, 0.1) is 62.3 Å². The summed E-state index contributed by atoms with van der Waals surface area (Å²) in [5.41, 5.74) is 23.0. The van der Waals surface area contributed by atoms with Gasteiger partial charge in [-0.1, -0.05) is 69.5 Å². The van der Waals surface area contributed by atoms with Crippen LogP contribution in [0.4, 0.5) is 0 Å². The average Bonchev–Trinajstić information content (AvgIpc) is 3.02. The van der Waals surface area contributed by atoms with Crippen molar-refractivity contribution in [1.29, 1.82) is 0 Å². The zero-order valence-corrected chi connectivity index (χ0v) is 28.6. The van der Waals surface area contributed by atoms with Gasteiger partial charge in [0.15, 0.2) is 0 Å². The van der Waals surface area contributed by atoms with Crippen molar-refractivity contribution in [2.45, 2.75) is 62.3 Å². The minimum Gasteiger partial charge on any atom is -0.264 e. The Morgan fingerprint density at radius 2 is 0.674 bits per heavy atom. The van der Waals surface area contributed by atoms with Crippen LogP contribution in [0.3, 0.4) is 0 Å². The van der Waals surface area contributed by atoms with Crippen molar-refractivity contribution in [1.82, 2.24) is 15.0 Å². The number of aromatic nitrogens is 3. The smallest absolute Gasteiger partial charge is 0.243 e. The fourth-order valence-corrected chi connectivity index (χ4v) is 8.23. The lowest BCUT2D eigenvalue weighted by Crippen LogP contribution is -2.58. The molecule has 0 unspecified atom stereocenters. The van der Waals surface area contributed by atoms with Gasteiger partial charge in [-0.15, -0.1) is 0 Å². The van der Waals surface area contributed by atoms with Crippen molar-refractivity contribution < 1.29 is 0 Å². The third-order valence-corrected chi connectivity index (χ3v) is 9.81. The summed E-state index contributed by atoms with van der Waals surface area (Å²) in [5, 5.41) is 0. The number of hydrogen-bond donors (Lipinski definition) is 0. The lowest BCUT2D eigenvalue weighted by atomic mass is 9.32. The Bertz CT molecular complexity index is 1830. The second-order valence-corrected chi connectivity index (χ2v) is 12.9. The van der Waals surface area contributed by atoms with Crippen LogP contribution in [0.25, 0.3) is 33.4 Å². The van der Waals surface area contributed by atoms with Gasteiger partial charge in [0.2, 0.25) is 6.71 Å². The van der Waals surface area contributed by atoms with Crippen molar-refractivity contribution >= 4 is 23.1 Å². The molecule has 6 aromatic rings. The Morgan fingerprint density at radius 3 is 0.913 bits per heavy atom. The molecular formula is C42H42BN3. The van der Waals surface area contributed by atoms with Crippen LogP contribution < -0.4 is 16.4 Å². The topological polar surface area (TPSA) is 38.7 Å². The molecule has 0 spiro atoms. The lowest BCUT2D eigenvalue weighted by Gasteiger charge is -2.31.